The van der Waals surface area contributed by atoms with Gasteiger partial charge < -0.3 is 9.88 Å². The van der Waals surface area contributed by atoms with E-state index >= 15 is 0 Å². The fraction of sp³-hybridized carbons (Fsp3) is 0.150. The van der Waals surface area contributed by atoms with Crippen molar-refractivity contribution in [3.05, 3.63) is 88.2 Å². The summed E-state index contributed by atoms with van der Waals surface area (Å²) in [4.78, 5) is 11.5. The summed E-state index contributed by atoms with van der Waals surface area (Å²) in [5.41, 5.74) is 5.35. The lowest BCUT2D eigenvalue weighted by molar-refractivity contribution is 0.101. The van der Waals surface area contributed by atoms with Crippen molar-refractivity contribution in [1.82, 2.24) is 9.88 Å². The molecule has 120 valence electrons. The van der Waals surface area contributed by atoms with Crippen molar-refractivity contribution in [3.63, 3.8) is 0 Å². The molecule has 4 rings (SSSR count). The van der Waals surface area contributed by atoms with Gasteiger partial charge in [0.2, 0.25) is 0 Å². The highest BCUT2D eigenvalue weighted by molar-refractivity contribution is 6.30. The van der Waals surface area contributed by atoms with Gasteiger partial charge in [0.1, 0.15) is 0 Å². The van der Waals surface area contributed by atoms with E-state index in [9.17, 15) is 4.79 Å². The van der Waals surface area contributed by atoms with Gasteiger partial charge in [-0.25, -0.2) is 0 Å². The number of nitrogens with one attached hydrogen (secondary N) is 1. The fourth-order valence-corrected chi connectivity index (χ4v) is 3.44. The lowest BCUT2D eigenvalue weighted by Gasteiger charge is -2.18. The van der Waals surface area contributed by atoms with E-state index in [-0.39, 0.29) is 11.8 Å². The Morgan fingerprint density at radius 1 is 1.17 bits per heavy atom. The van der Waals surface area contributed by atoms with Crippen molar-refractivity contribution >= 4 is 17.4 Å². The number of Topliss-reactive ketones (excluding diaryl/α,β-unsaturated/α-hetero) is 1. The summed E-state index contributed by atoms with van der Waals surface area (Å²) in [6.07, 6.45) is 2.06. The number of halogens is 1. The van der Waals surface area contributed by atoms with Crippen LogP contribution in [0.15, 0.2) is 60.8 Å². The molecular weight excluding hydrogens is 320 g/mol. The van der Waals surface area contributed by atoms with Crippen LogP contribution in [0, 0.1) is 0 Å². The second-order valence-electron chi connectivity index (χ2n) is 6.07. The topological polar surface area (TPSA) is 34.0 Å². The third kappa shape index (κ3) is 2.56. The molecule has 0 saturated heterocycles. The molecule has 0 fully saturated rings. The Kier molecular flexibility index (Phi) is 3.75. The van der Waals surface area contributed by atoms with Crippen LogP contribution in [0.2, 0.25) is 5.02 Å². The molecule has 1 atom stereocenters. The van der Waals surface area contributed by atoms with E-state index < -0.39 is 0 Å². The molecule has 1 aliphatic rings. The lowest BCUT2D eigenvalue weighted by Crippen LogP contribution is -2.21. The summed E-state index contributed by atoms with van der Waals surface area (Å²) in [5, 5.41) is 4.35. The van der Waals surface area contributed by atoms with Crippen molar-refractivity contribution in [2.75, 3.05) is 0 Å². The largest absolute Gasteiger partial charge is 0.319 e. The van der Waals surface area contributed by atoms with E-state index in [1.807, 2.05) is 42.5 Å². The predicted octanol–water partition coefficient (Wildman–Crippen LogP) is 4.53. The van der Waals surface area contributed by atoms with Gasteiger partial charge >= 0.3 is 0 Å². The van der Waals surface area contributed by atoms with Crippen LogP contribution in [0.3, 0.4) is 0 Å². The van der Waals surface area contributed by atoms with Gasteiger partial charge in [0.05, 0.1) is 11.7 Å². The number of aromatic nitrogens is 1. The third-order valence-electron chi connectivity index (χ3n) is 4.53. The van der Waals surface area contributed by atoms with Crippen LogP contribution in [0.25, 0.3) is 5.69 Å². The smallest absolute Gasteiger partial charge is 0.159 e. The molecule has 24 heavy (non-hydrogen) atoms. The number of nitrogens with zero attached hydrogens (tertiary/aromatic N) is 1. The summed E-state index contributed by atoms with van der Waals surface area (Å²) < 4.78 is 2.19. The maximum Gasteiger partial charge on any atom is 0.159 e. The maximum atomic E-state index is 11.5. The Labute approximate surface area is 145 Å². The first kappa shape index (κ1) is 15.2. The highest BCUT2D eigenvalue weighted by Crippen LogP contribution is 2.31. The van der Waals surface area contributed by atoms with Gasteiger partial charge in [-0.15, -0.1) is 0 Å². The summed E-state index contributed by atoms with van der Waals surface area (Å²) in [7, 11) is 0. The van der Waals surface area contributed by atoms with Crippen LogP contribution in [-0.2, 0) is 6.54 Å². The maximum absolute atomic E-state index is 11.5. The molecule has 2 aromatic carbocycles. The van der Waals surface area contributed by atoms with Crippen molar-refractivity contribution in [2.45, 2.75) is 19.5 Å². The van der Waals surface area contributed by atoms with Crippen LogP contribution in [0.4, 0.5) is 0 Å². The minimum absolute atomic E-state index is 0.0622. The molecular formula is C20H17ClN2O. The number of ketones is 1. The molecule has 1 N–H and O–H groups in total. The van der Waals surface area contributed by atoms with E-state index in [2.05, 4.69) is 28.2 Å². The number of benzene rings is 2. The molecule has 2 heterocycles. The summed E-state index contributed by atoms with van der Waals surface area (Å²) >= 11 is 6.20. The molecule has 3 aromatic rings. The zero-order valence-corrected chi connectivity index (χ0v) is 14.0. The Morgan fingerprint density at radius 3 is 2.71 bits per heavy atom. The van der Waals surface area contributed by atoms with Crippen molar-refractivity contribution in [3.8, 4) is 5.69 Å². The standard InChI is InChI=1S/C20H17ClN2O/c1-13(24)14-4-6-15(7-5-14)20-18-3-2-10-23(18)19-11-17(21)9-8-16(19)12-22-20/h2-11,20,22H,12H2,1H3. The molecule has 1 aromatic heterocycles. The highest BCUT2D eigenvalue weighted by Gasteiger charge is 2.23. The molecule has 0 amide bonds. The average molecular weight is 337 g/mol. The SMILES string of the molecule is CC(=O)c1ccc(C2NCc3ccc(Cl)cc3-n3cccc32)cc1. The van der Waals surface area contributed by atoms with Crippen LogP contribution in [-0.4, -0.2) is 10.4 Å². The lowest BCUT2D eigenvalue weighted by atomic mass is 10.0. The first-order valence-electron chi connectivity index (χ1n) is 7.94. The van der Waals surface area contributed by atoms with Gasteiger partial charge in [-0.3, -0.25) is 4.79 Å². The molecule has 4 heteroatoms. The summed E-state index contributed by atoms with van der Waals surface area (Å²) in [6.45, 7) is 2.34. The van der Waals surface area contributed by atoms with Gasteiger partial charge in [0, 0.05) is 29.0 Å². The molecule has 0 spiro atoms. The zero-order chi connectivity index (χ0) is 16.7. The fourth-order valence-electron chi connectivity index (χ4n) is 3.27. The minimum Gasteiger partial charge on any atom is -0.319 e. The summed E-state index contributed by atoms with van der Waals surface area (Å²) in [5.74, 6) is 0.0841. The molecule has 0 aliphatic carbocycles. The molecule has 0 bridgehead atoms. The summed E-state index contributed by atoms with van der Waals surface area (Å²) in [6, 6.07) is 18.0. The highest BCUT2D eigenvalue weighted by atomic mass is 35.5. The van der Waals surface area contributed by atoms with E-state index in [1.165, 1.54) is 5.56 Å². The van der Waals surface area contributed by atoms with Crippen molar-refractivity contribution in [1.29, 1.82) is 0 Å². The minimum atomic E-state index is 0.0622. The van der Waals surface area contributed by atoms with Gasteiger partial charge in [-0.1, -0.05) is 41.9 Å². The van der Waals surface area contributed by atoms with Crippen molar-refractivity contribution < 1.29 is 4.79 Å². The van der Waals surface area contributed by atoms with E-state index in [4.69, 9.17) is 11.6 Å². The number of hydrogen-bond acceptors (Lipinski definition) is 2. The Hall–Kier alpha value is -2.36. The van der Waals surface area contributed by atoms with Gasteiger partial charge in [-0.2, -0.15) is 0 Å². The number of fused-ring (bicyclic) bond motifs is 3. The molecule has 3 nitrogen and oxygen atoms in total. The first-order chi connectivity index (χ1) is 11.6. The van der Waals surface area contributed by atoms with E-state index in [0.29, 0.717) is 0 Å². The normalized spacial score (nSPS) is 16.2. The number of hydrogen-bond donors (Lipinski definition) is 1. The molecule has 1 aliphatic heterocycles. The quantitative estimate of drug-likeness (QED) is 0.698. The Balaban J connectivity index is 1.79. The second kappa shape index (κ2) is 5.93. The average Bonchev–Trinajstić information content (AvgIpc) is 3.00. The van der Waals surface area contributed by atoms with Crippen LogP contribution in [0.5, 0.6) is 0 Å². The van der Waals surface area contributed by atoms with Gasteiger partial charge in [-0.05, 0) is 42.3 Å². The van der Waals surface area contributed by atoms with E-state index in [1.54, 1.807) is 6.92 Å². The second-order valence-corrected chi connectivity index (χ2v) is 6.50. The molecule has 0 radical (unpaired) electrons. The van der Waals surface area contributed by atoms with Crippen LogP contribution in [0.1, 0.15) is 40.1 Å². The van der Waals surface area contributed by atoms with Crippen LogP contribution < -0.4 is 5.32 Å². The predicted molar refractivity (Wildman–Crippen MR) is 95.9 cm³/mol. The van der Waals surface area contributed by atoms with Gasteiger partial charge in [0.25, 0.3) is 0 Å². The zero-order valence-electron chi connectivity index (χ0n) is 13.3. The number of carbonyl (C=O) groups is 1. The Morgan fingerprint density at radius 2 is 1.96 bits per heavy atom. The molecule has 0 saturated carbocycles. The third-order valence-corrected chi connectivity index (χ3v) is 4.77. The number of carbonyl (C=O) groups excluding carboxylic acids is 1. The van der Waals surface area contributed by atoms with Crippen LogP contribution >= 0.6 is 11.6 Å². The molecule has 1 unspecified atom stereocenters. The first-order valence-corrected chi connectivity index (χ1v) is 8.31. The van der Waals surface area contributed by atoms with Gasteiger partial charge in [0.15, 0.2) is 5.78 Å². The van der Waals surface area contributed by atoms with Crippen molar-refractivity contribution in [2.24, 2.45) is 0 Å². The van der Waals surface area contributed by atoms with E-state index in [0.717, 1.165) is 34.1 Å². The Bertz CT molecular complexity index is 912. The number of rotatable bonds is 2. The monoisotopic (exact) mass is 336 g/mol.